The van der Waals surface area contributed by atoms with Gasteiger partial charge < -0.3 is 19.9 Å². The van der Waals surface area contributed by atoms with E-state index in [9.17, 15) is 4.39 Å². The Kier molecular flexibility index (Phi) is 7.24. The van der Waals surface area contributed by atoms with Crippen LogP contribution in [0.3, 0.4) is 0 Å². The molecular formula is C21H23FN4OS2. The molecule has 5 nitrogen and oxygen atoms in total. The van der Waals surface area contributed by atoms with Gasteiger partial charge >= 0.3 is 0 Å². The van der Waals surface area contributed by atoms with Gasteiger partial charge in [-0.05, 0) is 43.7 Å². The van der Waals surface area contributed by atoms with E-state index in [4.69, 9.17) is 29.2 Å². The Bertz CT molecular complexity index is 1070. The molecule has 0 saturated heterocycles. The van der Waals surface area contributed by atoms with Crippen LogP contribution in [-0.4, -0.2) is 41.8 Å². The first-order valence-corrected chi connectivity index (χ1v) is 10.1. The van der Waals surface area contributed by atoms with Gasteiger partial charge in [-0.15, -0.1) is 0 Å². The van der Waals surface area contributed by atoms with Crippen molar-refractivity contribution in [1.82, 2.24) is 9.97 Å². The zero-order chi connectivity index (χ0) is 20.8. The number of hydrogen-bond acceptors (Lipinski definition) is 5. The van der Waals surface area contributed by atoms with Gasteiger partial charge in [-0.3, -0.25) is 0 Å². The summed E-state index contributed by atoms with van der Waals surface area (Å²) in [5.74, 6) is -0.252. The minimum atomic E-state index is -0.252. The molecule has 0 atom stereocenters. The molecule has 152 valence electrons. The van der Waals surface area contributed by atoms with Crippen LogP contribution in [0.1, 0.15) is 12.1 Å². The molecular weight excluding hydrogens is 407 g/mol. The van der Waals surface area contributed by atoms with E-state index in [1.807, 2.05) is 31.2 Å². The maximum absolute atomic E-state index is 13.1. The third-order valence-electron chi connectivity index (χ3n) is 4.45. The highest BCUT2D eigenvalue weighted by Gasteiger charge is 2.19. The number of nitrogens with zero attached hydrogens (tertiary/aromatic N) is 2. The predicted octanol–water partition coefficient (Wildman–Crippen LogP) is 5.02. The number of methoxy groups -OCH3 is 1. The van der Waals surface area contributed by atoms with Gasteiger partial charge in [-0.25, -0.2) is 9.37 Å². The molecule has 1 aliphatic heterocycles. The van der Waals surface area contributed by atoms with E-state index in [1.165, 1.54) is 12.1 Å². The van der Waals surface area contributed by atoms with Crippen molar-refractivity contribution in [3.8, 4) is 0 Å². The number of benzene rings is 2. The molecule has 2 N–H and O–H groups in total. The van der Waals surface area contributed by atoms with Crippen LogP contribution < -0.4 is 10.2 Å². The van der Waals surface area contributed by atoms with Gasteiger partial charge in [0.25, 0.3) is 0 Å². The molecule has 0 aliphatic carbocycles. The molecule has 0 spiro atoms. The van der Waals surface area contributed by atoms with Crippen LogP contribution in [0, 0.1) is 17.4 Å². The first-order valence-electron chi connectivity index (χ1n) is 9.27. The molecule has 3 aromatic rings. The summed E-state index contributed by atoms with van der Waals surface area (Å²) in [6.45, 7) is 4.16. The van der Waals surface area contributed by atoms with E-state index >= 15 is 0 Å². The topological polar surface area (TPSA) is 53.2 Å². The molecule has 0 saturated carbocycles. The molecule has 2 aromatic carbocycles. The first kappa shape index (κ1) is 21.3. The van der Waals surface area contributed by atoms with Crippen LogP contribution in [0.15, 0.2) is 42.5 Å². The average Bonchev–Trinajstić information content (AvgIpc) is 2.69. The lowest BCUT2D eigenvalue weighted by atomic mass is 10.2. The summed E-state index contributed by atoms with van der Waals surface area (Å²) in [6.07, 6.45) is 0.927. The SMILES string of the molecule is COCCCN1CC(=S)Nc2cc(F)ccc21.Cc1nc2ccccc2[nH]c1=S. The minimum absolute atomic E-state index is 0.252. The molecule has 0 amide bonds. The number of thiocarbonyl (C=S) groups is 1. The van der Waals surface area contributed by atoms with E-state index in [1.54, 1.807) is 13.2 Å². The van der Waals surface area contributed by atoms with E-state index in [0.717, 1.165) is 46.1 Å². The molecule has 0 bridgehead atoms. The third kappa shape index (κ3) is 5.56. The van der Waals surface area contributed by atoms with Crippen LogP contribution in [-0.2, 0) is 4.74 Å². The lowest BCUT2D eigenvalue weighted by Crippen LogP contribution is -2.38. The van der Waals surface area contributed by atoms with Crippen molar-refractivity contribution in [2.45, 2.75) is 13.3 Å². The lowest BCUT2D eigenvalue weighted by Gasteiger charge is -2.32. The van der Waals surface area contributed by atoms with Gasteiger partial charge in [-0.1, -0.05) is 36.6 Å². The van der Waals surface area contributed by atoms with Crippen LogP contribution in [0.25, 0.3) is 11.0 Å². The number of halogens is 1. The van der Waals surface area contributed by atoms with Gasteiger partial charge in [-0.2, -0.15) is 0 Å². The van der Waals surface area contributed by atoms with E-state index in [-0.39, 0.29) is 5.82 Å². The number of rotatable bonds is 4. The highest BCUT2D eigenvalue weighted by Crippen LogP contribution is 2.30. The monoisotopic (exact) mass is 430 g/mol. The number of fused-ring (bicyclic) bond motifs is 2. The number of aryl methyl sites for hydroxylation is 1. The van der Waals surface area contributed by atoms with Crippen molar-refractivity contribution < 1.29 is 9.13 Å². The molecule has 8 heteroatoms. The number of hydrogen-bond donors (Lipinski definition) is 2. The summed E-state index contributed by atoms with van der Waals surface area (Å²) in [7, 11) is 1.69. The summed E-state index contributed by atoms with van der Waals surface area (Å²) >= 11 is 10.2. The maximum Gasteiger partial charge on any atom is 0.125 e. The Morgan fingerprint density at radius 3 is 2.79 bits per heavy atom. The fourth-order valence-corrected chi connectivity index (χ4v) is 3.47. The van der Waals surface area contributed by atoms with Crippen molar-refractivity contribution in [2.75, 3.05) is 37.0 Å². The zero-order valence-corrected chi connectivity index (χ0v) is 18.0. The Labute approximate surface area is 179 Å². The Hall–Kier alpha value is -2.42. The Morgan fingerprint density at radius 1 is 1.21 bits per heavy atom. The normalized spacial score (nSPS) is 12.8. The van der Waals surface area contributed by atoms with Crippen molar-refractivity contribution in [1.29, 1.82) is 0 Å². The first-order chi connectivity index (χ1) is 14.0. The van der Waals surface area contributed by atoms with Crippen molar-refractivity contribution in [3.05, 3.63) is 58.6 Å². The minimum Gasteiger partial charge on any atom is -0.385 e. The summed E-state index contributed by atoms with van der Waals surface area (Å²) in [5.41, 5.74) is 4.58. The number of aromatic amines is 1. The van der Waals surface area contributed by atoms with Gasteiger partial charge in [0.2, 0.25) is 0 Å². The van der Waals surface area contributed by atoms with Gasteiger partial charge in [0.05, 0.1) is 39.6 Å². The van der Waals surface area contributed by atoms with Gasteiger partial charge in [0, 0.05) is 20.3 Å². The standard InChI is InChI=1S/C12H15FN2OS.C9H8N2S/c1-16-6-2-5-15-8-12(17)14-10-7-9(13)3-4-11(10)15;1-6-9(12)11-8-5-3-2-4-7(8)10-6/h3-4,7H,2,5-6,8H2,1H3,(H,14,17);2-5H,1H3,(H,11,12). The number of anilines is 2. The van der Waals surface area contributed by atoms with E-state index in [2.05, 4.69) is 20.2 Å². The second-order valence-electron chi connectivity index (χ2n) is 6.65. The quantitative estimate of drug-likeness (QED) is 0.448. The third-order valence-corrected chi connectivity index (χ3v) is 5.08. The molecule has 4 rings (SSSR count). The smallest absolute Gasteiger partial charge is 0.125 e. The number of aromatic nitrogens is 2. The number of H-pyrrole nitrogens is 1. The predicted molar refractivity (Wildman–Crippen MR) is 123 cm³/mol. The van der Waals surface area contributed by atoms with Crippen LogP contribution >= 0.6 is 24.4 Å². The average molecular weight is 431 g/mol. The summed E-state index contributed by atoms with van der Waals surface area (Å²) in [6, 6.07) is 12.6. The Morgan fingerprint density at radius 2 is 2.00 bits per heavy atom. The van der Waals surface area contributed by atoms with Crippen molar-refractivity contribution >= 4 is 51.8 Å². The second kappa shape index (κ2) is 9.87. The molecule has 1 aromatic heterocycles. The van der Waals surface area contributed by atoms with Gasteiger partial charge in [0.15, 0.2) is 0 Å². The van der Waals surface area contributed by atoms with Crippen molar-refractivity contribution in [3.63, 3.8) is 0 Å². The summed E-state index contributed by atoms with van der Waals surface area (Å²) in [5, 5.41) is 3.04. The lowest BCUT2D eigenvalue weighted by molar-refractivity contribution is 0.196. The van der Waals surface area contributed by atoms with Crippen LogP contribution in [0.5, 0.6) is 0 Å². The number of ether oxygens (including phenoxy) is 1. The van der Waals surface area contributed by atoms with Crippen LogP contribution in [0.2, 0.25) is 0 Å². The maximum atomic E-state index is 13.1. The van der Waals surface area contributed by atoms with Crippen LogP contribution in [0.4, 0.5) is 15.8 Å². The highest BCUT2D eigenvalue weighted by atomic mass is 32.1. The largest absolute Gasteiger partial charge is 0.385 e. The number of nitrogens with one attached hydrogen (secondary N) is 2. The molecule has 2 heterocycles. The second-order valence-corrected chi connectivity index (χ2v) is 7.55. The fourth-order valence-electron chi connectivity index (χ4n) is 3.05. The molecule has 0 radical (unpaired) electrons. The zero-order valence-electron chi connectivity index (χ0n) is 16.4. The van der Waals surface area contributed by atoms with Crippen molar-refractivity contribution in [2.24, 2.45) is 0 Å². The van der Waals surface area contributed by atoms with E-state index in [0.29, 0.717) is 17.8 Å². The molecule has 29 heavy (non-hydrogen) atoms. The van der Waals surface area contributed by atoms with E-state index < -0.39 is 0 Å². The summed E-state index contributed by atoms with van der Waals surface area (Å²) in [4.78, 5) is 10.3. The number of para-hydroxylation sites is 2. The highest BCUT2D eigenvalue weighted by molar-refractivity contribution is 7.80. The van der Waals surface area contributed by atoms with Gasteiger partial charge in [0.1, 0.15) is 10.5 Å². The molecule has 0 fully saturated rings. The molecule has 1 aliphatic rings. The fraction of sp³-hybridized carbons (Fsp3) is 0.286. The summed E-state index contributed by atoms with van der Waals surface area (Å²) < 4.78 is 18.9. The molecule has 0 unspecified atom stereocenters. The Balaban J connectivity index is 0.000000176.